The monoisotopic (exact) mass is 285 g/mol. The quantitative estimate of drug-likeness (QED) is 0.797. The van der Waals surface area contributed by atoms with Crippen LogP contribution in [0.4, 0.5) is 0 Å². The van der Waals surface area contributed by atoms with E-state index in [2.05, 4.69) is 5.32 Å². The van der Waals surface area contributed by atoms with Crippen LogP contribution in [0.25, 0.3) is 0 Å². The molecule has 0 aromatic heterocycles. The van der Waals surface area contributed by atoms with Gasteiger partial charge in [-0.15, -0.1) is 0 Å². The average Bonchev–Trinajstić information content (AvgIpc) is 2.39. The van der Waals surface area contributed by atoms with Crippen LogP contribution in [0.1, 0.15) is 12.0 Å². The molecule has 0 atom stereocenters. The Hall–Kier alpha value is -1.46. The first kappa shape index (κ1) is 14.0. The number of aliphatic hydroxyl groups excluding tert-OH is 1. The summed E-state index contributed by atoms with van der Waals surface area (Å²) in [7, 11) is 0. The summed E-state index contributed by atoms with van der Waals surface area (Å²) in [6.07, 6.45) is 0.773. The molecule has 19 heavy (non-hydrogen) atoms. The standard InChI is InChI=1S/C13H16ClNO4/c14-10-6-9(8-12(17)15-2-1-3-16)7-11-13(10)19-5-4-18-11/h6-7,16H,1-5,8H2,(H,15,17). The number of hydrogen-bond acceptors (Lipinski definition) is 4. The zero-order chi connectivity index (χ0) is 13.7. The van der Waals surface area contributed by atoms with Crippen molar-refractivity contribution in [3.8, 4) is 11.5 Å². The molecule has 2 rings (SSSR count). The first-order valence-corrected chi connectivity index (χ1v) is 6.54. The smallest absolute Gasteiger partial charge is 0.224 e. The highest BCUT2D eigenvalue weighted by molar-refractivity contribution is 6.32. The fraction of sp³-hybridized carbons (Fsp3) is 0.462. The van der Waals surface area contributed by atoms with E-state index in [1.165, 1.54) is 0 Å². The molecular weight excluding hydrogens is 270 g/mol. The Labute approximate surface area is 116 Å². The van der Waals surface area contributed by atoms with Crippen LogP contribution in [0.3, 0.4) is 0 Å². The van der Waals surface area contributed by atoms with E-state index in [-0.39, 0.29) is 18.9 Å². The van der Waals surface area contributed by atoms with Gasteiger partial charge in [0, 0.05) is 13.2 Å². The largest absolute Gasteiger partial charge is 0.486 e. The van der Waals surface area contributed by atoms with E-state index < -0.39 is 0 Å². The Bertz CT molecular complexity index is 464. The lowest BCUT2D eigenvalue weighted by Gasteiger charge is -2.20. The maximum Gasteiger partial charge on any atom is 0.224 e. The lowest BCUT2D eigenvalue weighted by atomic mass is 10.1. The summed E-state index contributed by atoms with van der Waals surface area (Å²) in [6.45, 7) is 1.49. The van der Waals surface area contributed by atoms with E-state index >= 15 is 0 Å². The number of amides is 1. The van der Waals surface area contributed by atoms with Crippen LogP contribution >= 0.6 is 11.6 Å². The number of aliphatic hydroxyl groups is 1. The molecular formula is C13H16ClNO4. The van der Waals surface area contributed by atoms with Gasteiger partial charge in [0.1, 0.15) is 13.2 Å². The summed E-state index contributed by atoms with van der Waals surface area (Å²) in [5, 5.41) is 11.8. The fourth-order valence-corrected chi connectivity index (χ4v) is 2.11. The van der Waals surface area contributed by atoms with E-state index in [4.69, 9.17) is 26.2 Å². The van der Waals surface area contributed by atoms with Gasteiger partial charge in [-0.2, -0.15) is 0 Å². The minimum atomic E-state index is -0.110. The molecule has 1 aromatic rings. The first-order valence-electron chi connectivity index (χ1n) is 6.16. The van der Waals surface area contributed by atoms with Gasteiger partial charge in [0.05, 0.1) is 11.4 Å². The first-order chi connectivity index (χ1) is 9.20. The molecule has 0 radical (unpaired) electrons. The van der Waals surface area contributed by atoms with Crippen LogP contribution in [-0.4, -0.2) is 37.4 Å². The molecule has 0 bridgehead atoms. The Morgan fingerprint density at radius 1 is 1.37 bits per heavy atom. The van der Waals surface area contributed by atoms with Gasteiger partial charge in [-0.3, -0.25) is 4.79 Å². The van der Waals surface area contributed by atoms with Gasteiger partial charge < -0.3 is 19.9 Å². The van der Waals surface area contributed by atoms with Gasteiger partial charge >= 0.3 is 0 Å². The summed E-state index contributed by atoms with van der Waals surface area (Å²) in [5.41, 5.74) is 0.774. The van der Waals surface area contributed by atoms with Crippen LogP contribution in [0.2, 0.25) is 5.02 Å². The molecule has 1 aromatic carbocycles. The van der Waals surface area contributed by atoms with Crippen molar-refractivity contribution in [3.05, 3.63) is 22.7 Å². The molecule has 2 N–H and O–H groups in total. The fourth-order valence-electron chi connectivity index (χ4n) is 1.82. The number of carbonyl (C=O) groups is 1. The highest BCUT2D eigenvalue weighted by Gasteiger charge is 2.17. The van der Waals surface area contributed by atoms with E-state index in [0.29, 0.717) is 42.7 Å². The van der Waals surface area contributed by atoms with E-state index in [1.807, 2.05) is 0 Å². The molecule has 0 aliphatic carbocycles. The van der Waals surface area contributed by atoms with E-state index in [1.54, 1.807) is 12.1 Å². The number of ether oxygens (including phenoxy) is 2. The summed E-state index contributed by atoms with van der Waals surface area (Å²) in [4.78, 5) is 11.7. The SMILES string of the molecule is O=C(Cc1cc(Cl)c2c(c1)OCCO2)NCCCO. The zero-order valence-corrected chi connectivity index (χ0v) is 11.2. The highest BCUT2D eigenvalue weighted by atomic mass is 35.5. The van der Waals surface area contributed by atoms with Crippen molar-refractivity contribution in [1.29, 1.82) is 0 Å². The van der Waals surface area contributed by atoms with Crippen molar-refractivity contribution in [1.82, 2.24) is 5.32 Å². The molecule has 0 saturated carbocycles. The van der Waals surface area contributed by atoms with Crippen LogP contribution in [0.5, 0.6) is 11.5 Å². The normalized spacial score (nSPS) is 13.2. The van der Waals surface area contributed by atoms with Gasteiger partial charge in [-0.25, -0.2) is 0 Å². The number of halogens is 1. The Morgan fingerprint density at radius 3 is 2.95 bits per heavy atom. The minimum absolute atomic E-state index is 0.0656. The predicted molar refractivity (Wildman–Crippen MR) is 70.9 cm³/mol. The van der Waals surface area contributed by atoms with Gasteiger partial charge in [0.25, 0.3) is 0 Å². The molecule has 0 spiro atoms. The molecule has 0 fully saturated rings. The lowest BCUT2D eigenvalue weighted by Crippen LogP contribution is -2.26. The Morgan fingerprint density at radius 2 is 2.16 bits per heavy atom. The Kier molecular flexibility index (Phi) is 4.87. The summed E-state index contributed by atoms with van der Waals surface area (Å²) in [6, 6.07) is 3.48. The van der Waals surface area contributed by atoms with Crippen LogP contribution in [0.15, 0.2) is 12.1 Å². The van der Waals surface area contributed by atoms with Crippen molar-refractivity contribution in [2.24, 2.45) is 0 Å². The number of fused-ring (bicyclic) bond motifs is 1. The van der Waals surface area contributed by atoms with Crippen LogP contribution < -0.4 is 14.8 Å². The molecule has 5 nitrogen and oxygen atoms in total. The average molecular weight is 286 g/mol. The van der Waals surface area contributed by atoms with Crippen molar-refractivity contribution < 1.29 is 19.4 Å². The highest BCUT2D eigenvalue weighted by Crippen LogP contribution is 2.38. The molecule has 1 aliphatic rings. The van der Waals surface area contributed by atoms with Crippen LogP contribution in [0, 0.1) is 0 Å². The van der Waals surface area contributed by atoms with E-state index in [9.17, 15) is 4.79 Å². The van der Waals surface area contributed by atoms with Gasteiger partial charge in [0.2, 0.25) is 5.91 Å². The second-order valence-corrected chi connectivity index (χ2v) is 4.61. The number of rotatable bonds is 5. The number of carbonyl (C=O) groups excluding carboxylic acids is 1. The number of hydrogen-bond donors (Lipinski definition) is 2. The lowest BCUT2D eigenvalue weighted by molar-refractivity contribution is -0.120. The third-order valence-corrected chi connectivity index (χ3v) is 2.96. The van der Waals surface area contributed by atoms with Gasteiger partial charge in [-0.1, -0.05) is 11.6 Å². The minimum Gasteiger partial charge on any atom is -0.486 e. The molecule has 0 saturated heterocycles. The second-order valence-electron chi connectivity index (χ2n) is 4.21. The van der Waals surface area contributed by atoms with E-state index in [0.717, 1.165) is 5.56 Å². The second kappa shape index (κ2) is 6.63. The van der Waals surface area contributed by atoms with Crippen molar-refractivity contribution in [2.75, 3.05) is 26.4 Å². The van der Waals surface area contributed by atoms with Crippen molar-refractivity contribution in [2.45, 2.75) is 12.8 Å². The van der Waals surface area contributed by atoms with Gasteiger partial charge in [-0.05, 0) is 24.1 Å². The molecule has 0 unspecified atom stereocenters. The van der Waals surface area contributed by atoms with Crippen molar-refractivity contribution in [3.63, 3.8) is 0 Å². The molecule has 1 amide bonds. The molecule has 6 heteroatoms. The summed E-state index contributed by atoms with van der Waals surface area (Å²) in [5.74, 6) is 1.01. The zero-order valence-electron chi connectivity index (χ0n) is 10.4. The molecule has 1 heterocycles. The van der Waals surface area contributed by atoms with Crippen LogP contribution in [-0.2, 0) is 11.2 Å². The predicted octanol–water partition coefficient (Wildman–Crippen LogP) is 1.15. The number of benzene rings is 1. The third-order valence-electron chi connectivity index (χ3n) is 2.68. The number of nitrogens with one attached hydrogen (secondary N) is 1. The maximum atomic E-state index is 11.7. The maximum absolute atomic E-state index is 11.7. The van der Waals surface area contributed by atoms with Crippen molar-refractivity contribution >= 4 is 17.5 Å². The van der Waals surface area contributed by atoms with Gasteiger partial charge in [0.15, 0.2) is 11.5 Å². The Balaban J connectivity index is 2.01. The molecule has 104 valence electrons. The third kappa shape index (κ3) is 3.75. The summed E-state index contributed by atoms with van der Waals surface area (Å²) >= 11 is 6.09. The molecule has 1 aliphatic heterocycles. The summed E-state index contributed by atoms with van der Waals surface area (Å²) < 4.78 is 10.9. The topological polar surface area (TPSA) is 67.8 Å².